The van der Waals surface area contributed by atoms with Crippen molar-refractivity contribution in [2.24, 2.45) is 0 Å². The van der Waals surface area contributed by atoms with E-state index in [0.717, 1.165) is 16.9 Å². The molecule has 0 aliphatic carbocycles. The largest absolute Gasteiger partial charge is 0.361 e. The molecule has 0 fully saturated rings. The van der Waals surface area contributed by atoms with E-state index in [-0.39, 0.29) is 5.92 Å². The van der Waals surface area contributed by atoms with Gasteiger partial charge in [-0.3, -0.25) is 10.1 Å². The molecule has 0 radical (unpaired) electrons. The summed E-state index contributed by atoms with van der Waals surface area (Å²) in [5.41, 5.74) is 5.64. The first kappa shape index (κ1) is 12.8. The Kier molecular flexibility index (Phi) is 3.00. The van der Waals surface area contributed by atoms with Crippen LogP contribution in [0.15, 0.2) is 61.1 Å². The molecule has 3 aromatic heterocycles. The number of hydrogen-bond acceptors (Lipinski definition) is 2. The smallest absolute Gasteiger partial charge is 0.0497 e. The molecule has 3 heterocycles. The van der Waals surface area contributed by atoms with E-state index < -0.39 is 0 Å². The second-order valence-electron chi connectivity index (χ2n) is 5.45. The quantitative estimate of drug-likeness (QED) is 0.596. The first-order chi connectivity index (χ1) is 10.8. The van der Waals surface area contributed by atoms with E-state index in [0.29, 0.717) is 0 Å². The first-order valence-electron chi connectivity index (χ1n) is 7.34. The molecule has 0 bridgehead atoms. The lowest BCUT2D eigenvalue weighted by molar-refractivity contribution is 0.821. The molecule has 2 N–H and O–H groups in total. The van der Waals surface area contributed by atoms with Crippen molar-refractivity contribution in [1.29, 1.82) is 0 Å². The zero-order valence-electron chi connectivity index (χ0n) is 12.2. The summed E-state index contributed by atoms with van der Waals surface area (Å²) in [6, 6.07) is 14.5. The number of aromatic amines is 2. The van der Waals surface area contributed by atoms with E-state index in [2.05, 4.69) is 63.6 Å². The van der Waals surface area contributed by atoms with E-state index in [1.165, 1.54) is 16.5 Å². The molecule has 4 heteroatoms. The van der Waals surface area contributed by atoms with Crippen molar-refractivity contribution in [1.82, 2.24) is 20.2 Å². The molecule has 1 unspecified atom stereocenters. The zero-order chi connectivity index (χ0) is 14.9. The summed E-state index contributed by atoms with van der Waals surface area (Å²) in [4.78, 5) is 7.85. The van der Waals surface area contributed by atoms with Gasteiger partial charge in [0.05, 0.1) is 0 Å². The summed E-state index contributed by atoms with van der Waals surface area (Å²) in [5, 5.41) is 8.28. The maximum atomic E-state index is 4.53. The molecule has 1 aromatic carbocycles. The number of benzene rings is 1. The van der Waals surface area contributed by atoms with Gasteiger partial charge in [-0.05, 0) is 29.8 Å². The Bertz CT molecular complexity index is 906. The van der Waals surface area contributed by atoms with Crippen molar-refractivity contribution in [2.75, 3.05) is 0 Å². The second kappa shape index (κ2) is 5.15. The minimum atomic E-state index is 0.188. The highest BCUT2D eigenvalue weighted by molar-refractivity contribution is 5.95. The highest BCUT2D eigenvalue weighted by Gasteiger charge is 2.13. The van der Waals surface area contributed by atoms with Crippen LogP contribution in [0.1, 0.15) is 24.2 Å². The summed E-state index contributed by atoms with van der Waals surface area (Å²) < 4.78 is 0. The minimum Gasteiger partial charge on any atom is -0.361 e. The van der Waals surface area contributed by atoms with Gasteiger partial charge in [0.25, 0.3) is 0 Å². The van der Waals surface area contributed by atoms with Crippen molar-refractivity contribution < 1.29 is 0 Å². The van der Waals surface area contributed by atoms with Crippen LogP contribution in [0, 0.1) is 0 Å². The summed E-state index contributed by atoms with van der Waals surface area (Å²) in [7, 11) is 0. The Morgan fingerprint density at radius 2 is 1.95 bits per heavy atom. The van der Waals surface area contributed by atoms with Crippen LogP contribution in [0.4, 0.5) is 0 Å². The molecule has 0 saturated heterocycles. The normalized spacial score (nSPS) is 12.6. The number of H-pyrrole nitrogens is 2. The Balaban J connectivity index is 1.79. The fraction of sp³-hybridized carbons (Fsp3) is 0.111. The summed E-state index contributed by atoms with van der Waals surface area (Å²) in [6.07, 6.45) is 5.71. The van der Waals surface area contributed by atoms with E-state index >= 15 is 0 Å². The molecule has 0 aliphatic heterocycles. The average molecular weight is 288 g/mol. The summed E-state index contributed by atoms with van der Waals surface area (Å²) in [5.74, 6) is 0.188. The number of rotatable bonds is 3. The molecule has 0 amide bonds. The summed E-state index contributed by atoms with van der Waals surface area (Å²) >= 11 is 0. The molecule has 0 spiro atoms. The minimum absolute atomic E-state index is 0.188. The molecule has 4 rings (SSSR count). The van der Waals surface area contributed by atoms with Crippen LogP contribution in [0.25, 0.3) is 22.0 Å². The number of nitrogens with one attached hydrogen (secondary N) is 2. The van der Waals surface area contributed by atoms with Gasteiger partial charge in [0.15, 0.2) is 0 Å². The molecule has 1 atom stereocenters. The zero-order valence-corrected chi connectivity index (χ0v) is 12.2. The number of aromatic nitrogens is 4. The van der Waals surface area contributed by atoms with E-state index in [4.69, 9.17) is 0 Å². The molecular weight excluding hydrogens is 272 g/mol. The third kappa shape index (κ3) is 2.09. The molecule has 22 heavy (non-hydrogen) atoms. The fourth-order valence-electron chi connectivity index (χ4n) is 2.83. The van der Waals surface area contributed by atoms with Crippen molar-refractivity contribution in [3.63, 3.8) is 0 Å². The maximum Gasteiger partial charge on any atom is 0.0497 e. The van der Waals surface area contributed by atoms with Crippen LogP contribution in [0.5, 0.6) is 0 Å². The van der Waals surface area contributed by atoms with E-state index in [1.807, 2.05) is 18.3 Å². The topological polar surface area (TPSA) is 57.4 Å². The second-order valence-corrected chi connectivity index (χ2v) is 5.45. The Labute approximate surface area is 128 Å². The lowest BCUT2D eigenvalue weighted by Crippen LogP contribution is -1.99. The average Bonchev–Trinajstić information content (AvgIpc) is 3.24. The van der Waals surface area contributed by atoms with Gasteiger partial charge in [0.2, 0.25) is 0 Å². The van der Waals surface area contributed by atoms with Crippen molar-refractivity contribution in [2.45, 2.75) is 12.8 Å². The first-order valence-corrected chi connectivity index (χ1v) is 7.34. The Hall–Kier alpha value is -2.88. The van der Waals surface area contributed by atoms with Gasteiger partial charge in [-0.25, -0.2) is 0 Å². The maximum absolute atomic E-state index is 4.53. The van der Waals surface area contributed by atoms with E-state index in [9.17, 15) is 0 Å². The number of hydrogen-bond donors (Lipinski definition) is 2. The molecule has 0 saturated carbocycles. The Morgan fingerprint density at radius 1 is 1.05 bits per heavy atom. The van der Waals surface area contributed by atoms with Crippen LogP contribution in [-0.4, -0.2) is 20.2 Å². The van der Waals surface area contributed by atoms with Crippen molar-refractivity contribution in [3.05, 3.63) is 72.4 Å². The van der Waals surface area contributed by atoms with Gasteiger partial charge in [-0.15, -0.1) is 0 Å². The van der Waals surface area contributed by atoms with Crippen LogP contribution in [0.3, 0.4) is 0 Å². The fourth-order valence-corrected chi connectivity index (χ4v) is 2.83. The van der Waals surface area contributed by atoms with Crippen LogP contribution in [0.2, 0.25) is 0 Å². The molecular formula is C18H16N4. The number of pyridine rings is 1. The molecule has 4 aromatic rings. The lowest BCUT2D eigenvalue weighted by Gasteiger charge is -2.10. The van der Waals surface area contributed by atoms with Gasteiger partial charge in [-0.2, -0.15) is 5.10 Å². The van der Waals surface area contributed by atoms with Crippen LogP contribution < -0.4 is 0 Å². The van der Waals surface area contributed by atoms with Crippen molar-refractivity contribution in [3.8, 4) is 11.1 Å². The number of para-hydroxylation sites is 1. The SMILES string of the molecule is CC(c1cc(-c2c[nH]c3ccccc23)ccn1)c1ccn[nH]1. The molecule has 0 aliphatic rings. The third-order valence-corrected chi connectivity index (χ3v) is 4.11. The Morgan fingerprint density at radius 3 is 2.82 bits per heavy atom. The number of fused-ring (bicyclic) bond motifs is 1. The monoisotopic (exact) mass is 288 g/mol. The number of nitrogens with zero attached hydrogens (tertiary/aromatic N) is 2. The third-order valence-electron chi connectivity index (χ3n) is 4.11. The van der Waals surface area contributed by atoms with Gasteiger partial charge < -0.3 is 4.98 Å². The highest BCUT2D eigenvalue weighted by atomic mass is 15.1. The molecule has 108 valence electrons. The van der Waals surface area contributed by atoms with Crippen LogP contribution in [-0.2, 0) is 0 Å². The van der Waals surface area contributed by atoms with E-state index in [1.54, 1.807) is 6.20 Å². The van der Waals surface area contributed by atoms with Crippen LogP contribution >= 0.6 is 0 Å². The standard InChI is InChI=1S/C18H16N4/c1-12(16-7-9-21-22-16)18-10-13(6-8-19-18)15-11-20-17-5-3-2-4-14(15)17/h2-12,20H,1H3,(H,21,22). The lowest BCUT2D eigenvalue weighted by atomic mass is 9.99. The van der Waals surface area contributed by atoms with Gasteiger partial charge in [0, 0.05) is 52.4 Å². The van der Waals surface area contributed by atoms with Gasteiger partial charge in [0.1, 0.15) is 0 Å². The van der Waals surface area contributed by atoms with Gasteiger partial charge in [-0.1, -0.05) is 25.1 Å². The highest BCUT2D eigenvalue weighted by Crippen LogP contribution is 2.30. The molecule has 4 nitrogen and oxygen atoms in total. The summed E-state index contributed by atoms with van der Waals surface area (Å²) in [6.45, 7) is 2.13. The van der Waals surface area contributed by atoms with Gasteiger partial charge >= 0.3 is 0 Å². The van der Waals surface area contributed by atoms with Crippen molar-refractivity contribution >= 4 is 10.9 Å². The predicted octanol–water partition coefficient (Wildman–Crippen LogP) is 4.10. The predicted molar refractivity (Wildman–Crippen MR) is 87.6 cm³/mol.